The number of piperidine rings is 1. The molecule has 0 saturated carbocycles. The first kappa shape index (κ1) is 14.0. The maximum Gasteiger partial charge on any atom is 0.257 e. The van der Waals surface area contributed by atoms with Crippen LogP contribution in [0.3, 0.4) is 0 Å². The fourth-order valence-corrected chi connectivity index (χ4v) is 3.32. The maximum atomic E-state index is 12.0. The number of nitrogens with zero attached hydrogens (tertiary/aromatic N) is 2. The van der Waals surface area contributed by atoms with Crippen molar-refractivity contribution in [1.29, 1.82) is 0 Å². The van der Waals surface area contributed by atoms with Crippen molar-refractivity contribution in [1.82, 2.24) is 19.8 Å². The third-order valence-corrected chi connectivity index (χ3v) is 4.50. The summed E-state index contributed by atoms with van der Waals surface area (Å²) in [6.07, 6.45) is 2.70. The number of aromatic amines is 1. The summed E-state index contributed by atoms with van der Waals surface area (Å²) < 4.78 is 26.5. The minimum Gasteiger partial charge on any atom is -0.369 e. The van der Waals surface area contributed by atoms with Crippen LogP contribution >= 0.6 is 0 Å². The summed E-state index contributed by atoms with van der Waals surface area (Å²) in [4.78, 5) is 12.7. The Hall–Kier alpha value is -1.45. The minimum absolute atomic E-state index is 0.0621. The summed E-state index contributed by atoms with van der Waals surface area (Å²) in [5.41, 5.74) is 5.12. The number of aromatic nitrogens is 2. The minimum atomic E-state index is -3.54. The summed E-state index contributed by atoms with van der Waals surface area (Å²) in [6, 6.07) is 1.28. The molecular weight excluding hydrogens is 270 g/mol. The van der Waals surface area contributed by atoms with E-state index in [1.54, 1.807) is 0 Å². The molecule has 1 fully saturated rings. The van der Waals surface area contributed by atoms with Crippen LogP contribution in [-0.2, 0) is 14.8 Å². The third kappa shape index (κ3) is 3.75. The van der Waals surface area contributed by atoms with Crippen LogP contribution in [0.25, 0.3) is 0 Å². The van der Waals surface area contributed by atoms with E-state index in [0.717, 1.165) is 0 Å². The van der Waals surface area contributed by atoms with Gasteiger partial charge in [-0.1, -0.05) is 0 Å². The van der Waals surface area contributed by atoms with Crippen LogP contribution in [0.15, 0.2) is 17.3 Å². The molecule has 0 aliphatic carbocycles. The van der Waals surface area contributed by atoms with Gasteiger partial charge in [0.2, 0.25) is 5.91 Å². The zero-order valence-corrected chi connectivity index (χ0v) is 11.2. The number of amides is 1. The van der Waals surface area contributed by atoms with Crippen LogP contribution in [-0.4, -0.2) is 55.1 Å². The number of hydrogen-bond acceptors (Lipinski definition) is 5. The summed E-state index contributed by atoms with van der Waals surface area (Å²) >= 11 is 0. The molecule has 19 heavy (non-hydrogen) atoms. The van der Waals surface area contributed by atoms with Gasteiger partial charge in [0.15, 0.2) is 5.03 Å². The highest BCUT2D eigenvalue weighted by molar-refractivity contribution is 7.89. The van der Waals surface area contributed by atoms with Gasteiger partial charge >= 0.3 is 0 Å². The molecule has 1 amide bonds. The lowest BCUT2D eigenvalue weighted by Gasteiger charge is -2.31. The lowest BCUT2D eigenvalue weighted by molar-refractivity contribution is -0.119. The number of sulfonamides is 1. The van der Waals surface area contributed by atoms with Crippen molar-refractivity contribution in [2.75, 3.05) is 19.6 Å². The molecule has 1 aromatic heterocycles. The predicted molar refractivity (Wildman–Crippen MR) is 67.6 cm³/mol. The fraction of sp³-hybridized carbons (Fsp3) is 0.600. The van der Waals surface area contributed by atoms with Crippen molar-refractivity contribution in [3.63, 3.8) is 0 Å². The standard InChI is InChI=1S/C10H17N5O3S/c11-9(16)7-15-5-2-8(3-6-15)14-19(17,18)10-1-4-12-13-10/h1,4,8,14H,2-3,5-7H2,(H2,11,16)(H,12,13). The molecule has 106 valence electrons. The second-order valence-corrected chi connectivity index (χ2v) is 6.24. The Balaban J connectivity index is 1.88. The average molecular weight is 287 g/mol. The summed E-state index contributed by atoms with van der Waals surface area (Å²) in [7, 11) is -3.54. The second-order valence-electron chi connectivity index (χ2n) is 4.56. The maximum absolute atomic E-state index is 12.0. The van der Waals surface area contributed by atoms with Gasteiger partial charge in [-0.05, 0) is 18.9 Å². The summed E-state index contributed by atoms with van der Waals surface area (Å²) in [5, 5.41) is 6.11. The predicted octanol–water partition coefficient (Wildman–Crippen LogP) is -1.36. The van der Waals surface area contributed by atoms with E-state index >= 15 is 0 Å². The highest BCUT2D eigenvalue weighted by Crippen LogP contribution is 2.13. The first-order chi connectivity index (χ1) is 8.97. The Morgan fingerprint density at radius 1 is 1.53 bits per heavy atom. The Morgan fingerprint density at radius 3 is 2.74 bits per heavy atom. The van der Waals surface area contributed by atoms with Crippen LogP contribution in [0.4, 0.5) is 0 Å². The van der Waals surface area contributed by atoms with Crippen molar-refractivity contribution in [2.24, 2.45) is 5.73 Å². The molecule has 2 heterocycles. The lowest BCUT2D eigenvalue weighted by atomic mass is 10.1. The largest absolute Gasteiger partial charge is 0.369 e. The number of primary amides is 1. The normalized spacial score (nSPS) is 18.5. The SMILES string of the molecule is NC(=O)CN1CCC(NS(=O)(=O)c2ccn[nH]2)CC1. The monoisotopic (exact) mass is 287 g/mol. The Bertz CT molecular complexity index is 519. The number of rotatable bonds is 5. The van der Waals surface area contributed by atoms with E-state index < -0.39 is 10.0 Å². The van der Waals surface area contributed by atoms with Gasteiger partial charge in [0.25, 0.3) is 10.0 Å². The molecule has 0 unspecified atom stereocenters. The van der Waals surface area contributed by atoms with Gasteiger partial charge in [-0.25, -0.2) is 13.1 Å². The van der Waals surface area contributed by atoms with Crippen LogP contribution in [0, 0.1) is 0 Å². The van der Waals surface area contributed by atoms with Crippen LogP contribution < -0.4 is 10.5 Å². The smallest absolute Gasteiger partial charge is 0.257 e. The molecular formula is C10H17N5O3S. The molecule has 4 N–H and O–H groups in total. The quantitative estimate of drug-likeness (QED) is 0.617. The molecule has 8 nitrogen and oxygen atoms in total. The van der Waals surface area contributed by atoms with Crippen molar-refractivity contribution in [3.05, 3.63) is 12.3 Å². The Labute approximate surface area is 111 Å². The molecule has 0 bridgehead atoms. The molecule has 0 aromatic carbocycles. The summed E-state index contributed by atoms with van der Waals surface area (Å²) in [5.74, 6) is -0.364. The Morgan fingerprint density at radius 2 is 2.21 bits per heavy atom. The lowest BCUT2D eigenvalue weighted by Crippen LogP contribution is -2.46. The number of nitrogens with two attached hydrogens (primary N) is 1. The molecule has 2 rings (SSSR count). The number of H-pyrrole nitrogens is 1. The highest BCUT2D eigenvalue weighted by atomic mass is 32.2. The van der Waals surface area contributed by atoms with Crippen molar-refractivity contribution in [2.45, 2.75) is 23.9 Å². The van der Waals surface area contributed by atoms with Gasteiger partial charge in [0.1, 0.15) is 0 Å². The molecule has 0 atom stereocenters. The fourth-order valence-electron chi connectivity index (χ4n) is 2.11. The average Bonchev–Trinajstić information content (AvgIpc) is 2.85. The third-order valence-electron chi connectivity index (χ3n) is 3.05. The van der Waals surface area contributed by atoms with E-state index in [-0.39, 0.29) is 23.5 Å². The van der Waals surface area contributed by atoms with Gasteiger partial charge in [-0.2, -0.15) is 5.10 Å². The first-order valence-corrected chi connectivity index (χ1v) is 7.48. The van der Waals surface area contributed by atoms with Crippen molar-refractivity contribution < 1.29 is 13.2 Å². The first-order valence-electron chi connectivity index (χ1n) is 6.00. The van der Waals surface area contributed by atoms with E-state index in [1.807, 2.05) is 4.90 Å². The van der Waals surface area contributed by atoms with E-state index in [0.29, 0.717) is 25.9 Å². The number of nitrogens with one attached hydrogen (secondary N) is 2. The number of hydrogen-bond donors (Lipinski definition) is 3. The zero-order chi connectivity index (χ0) is 13.9. The molecule has 1 aromatic rings. The van der Waals surface area contributed by atoms with Crippen LogP contribution in [0.1, 0.15) is 12.8 Å². The molecule has 1 saturated heterocycles. The topological polar surface area (TPSA) is 121 Å². The highest BCUT2D eigenvalue weighted by Gasteiger charge is 2.25. The van der Waals surface area contributed by atoms with Gasteiger partial charge in [-0.15, -0.1) is 0 Å². The van der Waals surface area contributed by atoms with Gasteiger partial charge in [0.05, 0.1) is 12.7 Å². The Kier molecular flexibility index (Phi) is 4.17. The molecule has 1 aliphatic rings. The van der Waals surface area contributed by atoms with Crippen LogP contribution in [0.2, 0.25) is 0 Å². The van der Waals surface area contributed by atoms with E-state index in [2.05, 4.69) is 14.9 Å². The van der Waals surface area contributed by atoms with Gasteiger partial charge in [-0.3, -0.25) is 14.8 Å². The number of carbonyl (C=O) groups is 1. The summed E-state index contributed by atoms with van der Waals surface area (Å²) in [6.45, 7) is 1.53. The molecule has 1 aliphatic heterocycles. The molecule has 0 radical (unpaired) electrons. The number of carbonyl (C=O) groups excluding carboxylic acids is 1. The molecule has 9 heteroatoms. The zero-order valence-electron chi connectivity index (χ0n) is 10.4. The van der Waals surface area contributed by atoms with Gasteiger partial charge in [0, 0.05) is 19.1 Å². The van der Waals surface area contributed by atoms with E-state index in [9.17, 15) is 13.2 Å². The van der Waals surface area contributed by atoms with Crippen LogP contribution in [0.5, 0.6) is 0 Å². The second kappa shape index (κ2) is 5.68. The van der Waals surface area contributed by atoms with E-state index in [1.165, 1.54) is 12.3 Å². The van der Waals surface area contributed by atoms with Gasteiger partial charge < -0.3 is 5.73 Å². The molecule has 0 spiro atoms. The van der Waals surface area contributed by atoms with Crippen molar-refractivity contribution >= 4 is 15.9 Å². The number of likely N-dealkylation sites (tertiary alicyclic amines) is 1. The van der Waals surface area contributed by atoms with E-state index in [4.69, 9.17) is 5.73 Å². The van der Waals surface area contributed by atoms with Crippen molar-refractivity contribution in [3.8, 4) is 0 Å².